The summed E-state index contributed by atoms with van der Waals surface area (Å²) in [5, 5.41) is 0. The van der Waals surface area contributed by atoms with Crippen molar-refractivity contribution in [3.63, 3.8) is 0 Å². The van der Waals surface area contributed by atoms with Crippen LogP contribution >= 0.6 is 0 Å². The van der Waals surface area contributed by atoms with Crippen LogP contribution in [0.15, 0.2) is 0 Å². The summed E-state index contributed by atoms with van der Waals surface area (Å²) in [4.78, 5) is 2.08. The molecule has 0 aliphatic heterocycles. The molecule has 2 heteroatoms. The van der Waals surface area contributed by atoms with Crippen molar-refractivity contribution in [2.45, 2.75) is 51.1 Å². The maximum Gasteiger partial charge on any atom is 0.0566 e. The quantitative estimate of drug-likeness (QED) is 0.465. The fourth-order valence-electron chi connectivity index (χ4n) is 1.32. The Morgan fingerprint density at radius 1 is 1.08 bits per heavy atom. The highest BCUT2D eigenvalue weighted by atomic mass is 15.2. The third kappa shape index (κ3) is 8.26. The minimum absolute atomic E-state index is 0.243. The largest absolute Gasteiger partial charge is 0.316 e. The Hall–Kier alpha value is -0.0800. The average molecular weight is 185 g/mol. The van der Waals surface area contributed by atoms with E-state index in [1.807, 2.05) is 14.1 Å². The second kappa shape index (κ2) is 8.52. The number of rotatable bonds is 8. The standard InChI is InChI=1S/C11H25N2/c1-4-5-6-7-8-9-10-11(12)13(2)3/h11H,1,4-10,12H2,2-3H3. The lowest BCUT2D eigenvalue weighted by Gasteiger charge is -2.19. The van der Waals surface area contributed by atoms with Crippen LogP contribution in [0.25, 0.3) is 0 Å². The summed E-state index contributed by atoms with van der Waals surface area (Å²) in [6, 6.07) is 0. The maximum absolute atomic E-state index is 5.87. The predicted molar refractivity (Wildman–Crippen MR) is 59.3 cm³/mol. The van der Waals surface area contributed by atoms with Crippen LogP contribution < -0.4 is 5.73 Å². The summed E-state index contributed by atoms with van der Waals surface area (Å²) in [7, 11) is 4.07. The summed E-state index contributed by atoms with van der Waals surface area (Å²) in [6.07, 6.45) is 8.98. The number of unbranched alkanes of at least 4 members (excludes halogenated alkanes) is 5. The van der Waals surface area contributed by atoms with Crippen LogP contribution in [0.4, 0.5) is 0 Å². The van der Waals surface area contributed by atoms with E-state index in [9.17, 15) is 0 Å². The fraction of sp³-hybridized carbons (Fsp3) is 0.909. The lowest BCUT2D eigenvalue weighted by atomic mass is 10.1. The number of hydrogen-bond donors (Lipinski definition) is 1. The third-order valence-corrected chi connectivity index (χ3v) is 2.41. The summed E-state index contributed by atoms with van der Waals surface area (Å²) in [6.45, 7) is 3.83. The molecule has 0 heterocycles. The van der Waals surface area contributed by atoms with Gasteiger partial charge >= 0.3 is 0 Å². The summed E-state index contributed by atoms with van der Waals surface area (Å²) in [5.74, 6) is 0. The van der Waals surface area contributed by atoms with Gasteiger partial charge in [-0.1, -0.05) is 45.4 Å². The van der Waals surface area contributed by atoms with Gasteiger partial charge in [0.15, 0.2) is 0 Å². The molecule has 0 fully saturated rings. The average Bonchev–Trinajstić information content (AvgIpc) is 2.10. The first-order chi connectivity index (χ1) is 6.18. The number of nitrogens with zero attached hydrogens (tertiary/aromatic N) is 1. The molecule has 0 amide bonds. The minimum Gasteiger partial charge on any atom is -0.316 e. The smallest absolute Gasteiger partial charge is 0.0566 e. The molecule has 0 rings (SSSR count). The van der Waals surface area contributed by atoms with Crippen molar-refractivity contribution in [2.24, 2.45) is 5.73 Å². The second-order valence-corrected chi connectivity index (χ2v) is 3.94. The van der Waals surface area contributed by atoms with Crippen molar-refractivity contribution in [1.29, 1.82) is 0 Å². The van der Waals surface area contributed by atoms with E-state index in [2.05, 4.69) is 11.8 Å². The van der Waals surface area contributed by atoms with E-state index in [-0.39, 0.29) is 6.17 Å². The minimum atomic E-state index is 0.243. The van der Waals surface area contributed by atoms with Gasteiger partial charge in [0.05, 0.1) is 6.17 Å². The molecular formula is C11H25N2. The first-order valence-corrected chi connectivity index (χ1v) is 5.39. The normalized spacial score (nSPS) is 13.6. The Labute approximate surface area is 83.5 Å². The lowest BCUT2D eigenvalue weighted by molar-refractivity contribution is 0.278. The molecule has 0 spiro atoms. The zero-order valence-corrected chi connectivity index (χ0v) is 9.26. The molecule has 0 bridgehead atoms. The van der Waals surface area contributed by atoms with Gasteiger partial charge < -0.3 is 5.73 Å². The molecule has 79 valence electrons. The molecule has 1 unspecified atom stereocenters. The van der Waals surface area contributed by atoms with Crippen molar-refractivity contribution >= 4 is 0 Å². The van der Waals surface area contributed by atoms with E-state index >= 15 is 0 Å². The van der Waals surface area contributed by atoms with E-state index in [0.717, 1.165) is 12.8 Å². The van der Waals surface area contributed by atoms with E-state index in [1.54, 1.807) is 0 Å². The van der Waals surface area contributed by atoms with Crippen molar-refractivity contribution in [2.75, 3.05) is 14.1 Å². The Balaban J connectivity index is 3.07. The highest BCUT2D eigenvalue weighted by molar-refractivity contribution is 4.57. The van der Waals surface area contributed by atoms with Gasteiger partial charge in [0.1, 0.15) is 0 Å². The molecule has 0 aromatic heterocycles. The van der Waals surface area contributed by atoms with Crippen LogP contribution in [0.2, 0.25) is 0 Å². The summed E-state index contributed by atoms with van der Waals surface area (Å²) in [5.41, 5.74) is 5.87. The van der Waals surface area contributed by atoms with Crippen molar-refractivity contribution < 1.29 is 0 Å². The zero-order valence-electron chi connectivity index (χ0n) is 9.26. The van der Waals surface area contributed by atoms with Crippen LogP contribution in [0.5, 0.6) is 0 Å². The topological polar surface area (TPSA) is 29.3 Å². The molecule has 0 aliphatic carbocycles. The summed E-state index contributed by atoms with van der Waals surface area (Å²) < 4.78 is 0. The lowest BCUT2D eigenvalue weighted by Crippen LogP contribution is -2.35. The van der Waals surface area contributed by atoms with Crippen LogP contribution in [-0.4, -0.2) is 25.2 Å². The van der Waals surface area contributed by atoms with Gasteiger partial charge in [-0.15, -0.1) is 0 Å². The van der Waals surface area contributed by atoms with Crippen LogP contribution in [-0.2, 0) is 0 Å². The van der Waals surface area contributed by atoms with Gasteiger partial charge in [-0.25, -0.2) is 0 Å². The van der Waals surface area contributed by atoms with E-state index in [4.69, 9.17) is 5.73 Å². The van der Waals surface area contributed by atoms with Gasteiger partial charge in [-0.05, 0) is 20.5 Å². The van der Waals surface area contributed by atoms with Crippen molar-refractivity contribution in [3.05, 3.63) is 6.92 Å². The van der Waals surface area contributed by atoms with Crippen LogP contribution in [0, 0.1) is 6.92 Å². The fourth-order valence-corrected chi connectivity index (χ4v) is 1.32. The summed E-state index contributed by atoms with van der Waals surface area (Å²) >= 11 is 0. The molecule has 0 saturated carbocycles. The van der Waals surface area contributed by atoms with Crippen LogP contribution in [0.1, 0.15) is 44.9 Å². The molecule has 2 nitrogen and oxygen atoms in total. The van der Waals surface area contributed by atoms with Gasteiger partial charge in [-0.3, -0.25) is 4.90 Å². The van der Waals surface area contributed by atoms with Gasteiger partial charge in [0, 0.05) is 0 Å². The molecule has 13 heavy (non-hydrogen) atoms. The van der Waals surface area contributed by atoms with Gasteiger partial charge in [-0.2, -0.15) is 0 Å². The highest BCUT2D eigenvalue weighted by Gasteiger charge is 2.02. The molecule has 0 aliphatic rings. The van der Waals surface area contributed by atoms with Crippen LogP contribution in [0.3, 0.4) is 0 Å². The van der Waals surface area contributed by atoms with E-state index < -0.39 is 0 Å². The molecule has 2 N–H and O–H groups in total. The molecule has 1 radical (unpaired) electrons. The number of hydrogen-bond acceptors (Lipinski definition) is 2. The predicted octanol–water partition coefficient (Wildman–Crippen LogP) is 2.40. The van der Waals surface area contributed by atoms with E-state index in [0.29, 0.717) is 0 Å². The molecule has 0 aromatic carbocycles. The van der Waals surface area contributed by atoms with E-state index in [1.165, 1.54) is 32.1 Å². The van der Waals surface area contributed by atoms with Gasteiger partial charge in [0.2, 0.25) is 0 Å². The molecule has 0 saturated heterocycles. The van der Waals surface area contributed by atoms with Crippen molar-refractivity contribution in [1.82, 2.24) is 4.90 Å². The molecule has 0 aromatic rings. The SMILES string of the molecule is [CH2]CCCCCCCC(N)N(C)C. The van der Waals surface area contributed by atoms with Gasteiger partial charge in [0.25, 0.3) is 0 Å². The Morgan fingerprint density at radius 2 is 1.62 bits per heavy atom. The monoisotopic (exact) mass is 185 g/mol. The Kier molecular flexibility index (Phi) is 8.46. The Bertz CT molecular complexity index is 102. The number of nitrogens with two attached hydrogens (primary N) is 1. The molecule has 1 atom stereocenters. The third-order valence-electron chi connectivity index (χ3n) is 2.41. The highest BCUT2D eigenvalue weighted by Crippen LogP contribution is 2.08. The van der Waals surface area contributed by atoms with Crippen molar-refractivity contribution in [3.8, 4) is 0 Å². The maximum atomic E-state index is 5.87. The first kappa shape index (κ1) is 12.9. The first-order valence-electron chi connectivity index (χ1n) is 5.39. The zero-order chi connectivity index (χ0) is 10.1. The Morgan fingerprint density at radius 3 is 2.15 bits per heavy atom. The second-order valence-electron chi connectivity index (χ2n) is 3.94. The molecular weight excluding hydrogens is 160 g/mol.